The molecule has 2 bridgehead atoms. The molecule has 5 rings (SSSR count). The van der Waals surface area contributed by atoms with Crippen LogP contribution in [0.15, 0.2) is 42.6 Å². The topological polar surface area (TPSA) is 42.4 Å². The Morgan fingerprint density at radius 2 is 1.77 bits per heavy atom. The molecule has 1 amide bonds. The number of carbonyl (C=O) groups is 1. The van der Waals surface area contributed by atoms with Crippen molar-refractivity contribution in [3.05, 3.63) is 53.7 Å². The molecule has 4 heteroatoms. The third-order valence-corrected chi connectivity index (χ3v) is 5.97. The second-order valence-corrected chi connectivity index (χ2v) is 7.88. The number of pyridine rings is 1. The first kappa shape index (κ1) is 17.1. The Kier molecular flexibility index (Phi) is 4.66. The molecule has 1 atom stereocenters. The molecular formula is C22H26N2O2. The van der Waals surface area contributed by atoms with Gasteiger partial charge in [0.2, 0.25) is 5.88 Å². The van der Waals surface area contributed by atoms with Gasteiger partial charge < -0.3 is 9.64 Å². The Bertz CT molecular complexity index is 760. The summed E-state index contributed by atoms with van der Waals surface area (Å²) in [7, 11) is 3.46. The first-order valence-electron chi connectivity index (χ1n) is 9.55. The predicted molar refractivity (Wildman–Crippen MR) is 102 cm³/mol. The first-order valence-corrected chi connectivity index (χ1v) is 9.55. The van der Waals surface area contributed by atoms with Crippen LogP contribution >= 0.6 is 0 Å². The van der Waals surface area contributed by atoms with Crippen molar-refractivity contribution in [1.29, 1.82) is 0 Å². The lowest BCUT2D eigenvalue weighted by Crippen LogP contribution is -2.29. The highest BCUT2D eigenvalue weighted by Gasteiger charge is 2.36. The average Bonchev–Trinajstić information content (AvgIpc) is 2.69. The van der Waals surface area contributed by atoms with Gasteiger partial charge in [-0.2, -0.15) is 0 Å². The van der Waals surface area contributed by atoms with Crippen LogP contribution in [0.4, 0.5) is 0 Å². The van der Waals surface area contributed by atoms with Crippen molar-refractivity contribution in [2.24, 2.45) is 11.8 Å². The molecule has 3 aliphatic carbocycles. The number of hydrogen-bond acceptors (Lipinski definition) is 3. The van der Waals surface area contributed by atoms with Crippen LogP contribution in [0.1, 0.15) is 53.9 Å². The molecule has 0 N–H and O–H groups in total. The summed E-state index contributed by atoms with van der Waals surface area (Å²) in [4.78, 5) is 17.7. The molecule has 0 saturated heterocycles. The van der Waals surface area contributed by atoms with Crippen LogP contribution in [0.3, 0.4) is 0 Å². The minimum atomic E-state index is -0.0600. The molecule has 3 fully saturated rings. The minimum absolute atomic E-state index is 0.0600. The van der Waals surface area contributed by atoms with E-state index in [4.69, 9.17) is 4.74 Å². The van der Waals surface area contributed by atoms with E-state index in [0.29, 0.717) is 11.4 Å². The van der Waals surface area contributed by atoms with Gasteiger partial charge in [-0.15, -0.1) is 0 Å². The van der Waals surface area contributed by atoms with E-state index in [-0.39, 0.29) is 5.91 Å². The van der Waals surface area contributed by atoms with Crippen molar-refractivity contribution in [1.82, 2.24) is 9.88 Å². The maximum Gasteiger partial charge on any atom is 0.254 e. The number of aromatic nitrogens is 1. The summed E-state index contributed by atoms with van der Waals surface area (Å²) in [6.07, 6.45) is 8.57. The molecule has 2 aromatic rings. The fraction of sp³-hybridized carbons (Fsp3) is 0.455. The van der Waals surface area contributed by atoms with E-state index in [0.717, 1.165) is 23.5 Å². The van der Waals surface area contributed by atoms with Gasteiger partial charge in [-0.1, -0.05) is 25.0 Å². The summed E-state index contributed by atoms with van der Waals surface area (Å²) >= 11 is 0. The lowest BCUT2D eigenvalue weighted by molar-refractivity contribution is 0.0827. The summed E-state index contributed by atoms with van der Waals surface area (Å²) in [5.74, 6) is 3.77. The molecule has 26 heavy (non-hydrogen) atoms. The molecule has 4 nitrogen and oxygen atoms in total. The largest absolute Gasteiger partial charge is 0.439 e. The molecule has 1 aromatic heterocycles. The molecular weight excluding hydrogens is 324 g/mol. The maximum atomic E-state index is 11.9. The van der Waals surface area contributed by atoms with E-state index >= 15 is 0 Å². The first-order chi connectivity index (χ1) is 12.6. The zero-order valence-electron chi connectivity index (χ0n) is 15.5. The van der Waals surface area contributed by atoms with Crippen LogP contribution in [0.5, 0.6) is 11.6 Å². The molecule has 3 aliphatic rings. The molecule has 0 radical (unpaired) electrons. The number of rotatable bonds is 4. The van der Waals surface area contributed by atoms with Gasteiger partial charge in [0.25, 0.3) is 5.91 Å². The van der Waals surface area contributed by atoms with Gasteiger partial charge >= 0.3 is 0 Å². The number of amides is 1. The Hall–Kier alpha value is -2.36. The van der Waals surface area contributed by atoms with Crippen molar-refractivity contribution < 1.29 is 9.53 Å². The maximum absolute atomic E-state index is 11.9. The van der Waals surface area contributed by atoms with Crippen LogP contribution < -0.4 is 4.74 Å². The number of nitrogens with zero attached hydrogens (tertiary/aromatic N) is 2. The molecule has 3 saturated carbocycles. The van der Waals surface area contributed by atoms with Crippen LogP contribution in [0.25, 0.3) is 0 Å². The number of carbonyl (C=O) groups excluding carboxylic acids is 1. The lowest BCUT2D eigenvalue weighted by Gasteiger charge is -2.42. The van der Waals surface area contributed by atoms with Crippen LogP contribution in [0.2, 0.25) is 0 Å². The van der Waals surface area contributed by atoms with Gasteiger partial charge in [0, 0.05) is 26.4 Å². The zero-order valence-corrected chi connectivity index (χ0v) is 15.5. The van der Waals surface area contributed by atoms with Gasteiger partial charge in [0.05, 0.1) is 5.56 Å². The Morgan fingerprint density at radius 1 is 1.04 bits per heavy atom. The zero-order chi connectivity index (χ0) is 18.1. The standard InChI is InChI=1S/C22H26N2O2/c1-24(2)22(25)18-9-12-21(23-14-18)26-19-10-7-17(8-11-19)20-13-15-3-5-16(20)6-4-15/h7-12,14-16,20H,3-6,13H2,1-2H3. The van der Waals surface area contributed by atoms with Crippen LogP contribution in [-0.2, 0) is 0 Å². The van der Waals surface area contributed by atoms with Crippen molar-refractivity contribution >= 4 is 5.91 Å². The summed E-state index contributed by atoms with van der Waals surface area (Å²) in [6.45, 7) is 0. The third kappa shape index (κ3) is 3.46. The monoisotopic (exact) mass is 350 g/mol. The number of benzene rings is 1. The summed E-state index contributed by atoms with van der Waals surface area (Å²) in [5, 5.41) is 0. The highest BCUT2D eigenvalue weighted by molar-refractivity contribution is 5.93. The van der Waals surface area contributed by atoms with Crippen molar-refractivity contribution in [3.63, 3.8) is 0 Å². The Labute approximate surface area is 155 Å². The molecule has 0 spiro atoms. The van der Waals surface area contributed by atoms with Crippen LogP contribution in [0, 0.1) is 11.8 Å². The summed E-state index contributed by atoms with van der Waals surface area (Å²) < 4.78 is 5.84. The third-order valence-electron chi connectivity index (χ3n) is 5.97. The van der Waals surface area contributed by atoms with Crippen LogP contribution in [-0.4, -0.2) is 29.9 Å². The summed E-state index contributed by atoms with van der Waals surface area (Å²) in [5.41, 5.74) is 2.01. The number of fused-ring (bicyclic) bond motifs is 3. The molecule has 0 aliphatic heterocycles. The highest BCUT2D eigenvalue weighted by Crippen LogP contribution is 2.49. The van der Waals surface area contributed by atoms with Gasteiger partial charge in [-0.25, -0.2) is 4.98 Å². The predicted octanol–water partition coefficient (Wildman–Crippen LogP) is 4.87. The molecule has 1 aromatic carbocycles. The van der Waals surface area contributed by atoms with E-state index in [1.165, 1.54) is 42.6 Å². The summed E-state index contributed by atoms with van der Waals surface area (Å²) in [6, 6.07) is 12.0. The van der Waals surface area contributed by atoms with E-state index in [9.17, 15) is 4.79 Å². The SMILES string of the molecule is CN(C)C(=O)c1ccc(Oc2ccc(C3CC4CCC3CC4)cc2)nc1. The van der Waals surface area contributed by atoms with E-state index in [1.54, 1.807) is 32.4 Å². The molecule has 136 valence electrons. The second kappa shape index (κ2) is 7.10. The molecule has 1 unspecified atom stereocenters. The fourth-order valence-corrected chi connectivity index (χ4v) is 4.52. The van der Waals surface area contributed by atoms with Crippen molar-refractivity contribution in [3.8, 4) is 11.6 Å². The van der Waals surface area contributed by atoms with E-state index in [1.807, 2.05) is 12.1 Å². The van der Waals surface area contributed by atoms with E-state index in [2.05, 4.69) is 17.1 Å². The minimum Gasteiger partial charge on any atom is -0.439 e. The highest BCUT2D eigenvalue weighted by atomic mass is 16.5. The van der Waals surface area contributed by atoms with E-state index < -0.39 is 0 Å². The second-order valence-electron chi connectivity index (χ2n) is 7.88. The van der Waals surface area contributed by atoms with Gasteiger partial charge in [0.15, 0.2) is 0 Å². The normalized spacial score (nSPS) is 24.3. The van der Waals surface area contributed by atoms with Crippen molar-refractivity contribution in [2.45, 2.75) is 38.0 Å². The lowest BCUT2D eigenvalue weighted by atomic mass is 9.63. The number of hydrogen-bond donors (Lipinski definition) is 0. The van der Waals surface area contributed by atoms with Crippen molar-refractivity contribution in [2.75, 3.05) is 14.1 Å². The van der Waals surface area contributed by atoms with Gasteiger partial charge in [0.1, 0.15) is 5.75 Å². The smallest absolute Gasteiger partial charge is 0.254 e. The quantitative estimate of drug-likeness (QED) is 0.790. The van der Waals surface area contributed by atoms with Gasteiger partial charge in [-0.3, -0.25) is 4.79 Å². The average molecular weight is 350 g/mol. The fourth-order valence-electron chi connectivity index (χ4n) is 4.52. The molecule has 1 heterocycles. The number of ether oxygens (including phenoxy) is 1. The Balaban J connectivity index is 1.42. The van der Waals surface area contributed by atoms with Gasteiger partial charge in [-0.05, 0) is 60.8 Å². The Morgan fingerprint density at radius 3 is 2.31 bits per heavy atom.